The Morgan fingerprint density at radius 3 is 2.79 bits per heavy atom. The van der Waals surface area contributed by atoms with Gasteiger partial charge >= 0.3 is 0 Å². The van der Waals surface area contributed by atoms with E-state index in [1.807, 2.05) is 6.07 Å². The molecule has 2 rings (SSSR count). The number of carbonyl (C=O) groups excluding carboxylic acids is 1. The maximum Gasteiger partial charge on any atom is 0.187 e. The van der Waals surface area contributed by atoms with E-state index in [0.717, 1.165) is 0 Å². The summed E-state index contributed by atoms with van der Waals surface area (Å²) in [5.74, 6) is -1.26. The minimum absolute atomic E-state index is 0.324. The van der Waals surface area contributed by atoms with Gasteiger partial charge in [-0.15, -0.1) is 0 Å². The van der Waals surface area contributed by atoms with E-state index in [4.69, 9.17) is 11.6 Å². The van der Waals surface area contributed by atoms with E-state index in [0.29, 0.717) is 20.8 Å². The van der Waals surface area contributed by atoms with Crippen LogP contribution in [0.4, 0.5) is 0 Å². The van der Waals surface area contributed by atoms with Gasteiger partial charge in [-0.1, -0.05) is 33.6 Å². The molecule has 0 aliphatic heterocycles. The third kappa shape index (κ3) is 3.01. The first kappa shape index (κ1) is 13.7. The second-order valence-corrected chi connectivity index (χ2v) is 5.10. The first-order valence-electron chi connectivity index (χ1n) is 5.43. The van der Waals surface area contributed by atoms with Crippen molar-refractivity contribution in [2.45, 2.75) is 5.92 Å². The fourth-order valence-corrected chi connectivity index (χ4v) is 2.26. The Morgan fingerprint density at radius 1 is 1.37 bits per heavy atom. The summed E-state index contributed by atoms with van der Waals surface area (Å²) in [6.45, 7) is 0. The predicted octanol–water partition coefficient (Wildman–Crippen LogP) is 3.99. The van der Waals surface area contributed by atoms with Crippen LogP contribution in [0.5, 0.6) is 0 Å². The van der Waals surface area contributed by atoms with Crippen molar-refractivity contribution in [2.75, 3.05) is 0 Å². The normalized spacial score (nSPS) is 11.6. The van der Waals surface area contributed by atoms with E-state index >= 15 is 0 Å². The highest BCUT2D eigenvalue weighted by molar-refractivity contribution is 9.10. The van der Waals surface area contributed by atoms with Crippen LogP contribution in [-0.4, -0.2) is 10.8 Å². The molecule has 1 aromatic heterocycles. The Kier molecular flexibility index (Phi) is 4.31. The molecule has 3 nitrogen and oxygen atoms in total. The van der Waals surface area contributed by atoms with Gasteiger partial charge in [0.1, 0.15) is 0 Å². The minimum atomic E-state index is -0.934. The van der Waals surface area contributed by atoms with E-state index in [1.54, 1.807) is 42.6 Å². The Bertz CT molecular complexity index is 652. The number of hydrogen-bond acceptors (Lipinski definition) is 3. The van der Waals surface area contributed by atoms with Crippen LogP contribution in [0.15, 0.2) is 47.1 Å². The average Bonchev–Trinajstić information content (AvgIpc) is 2.43. The van der Waals surface area contributed by atoms with Gasteiger partial charge in [-0.05, 0) is 30.3 Å². The van der Waals surface area contributed by atoms with Crippen LogP contribution in [0, 0.1) is 11.3 Å². The third-order valence-corrected chi connectivity index (χ3v) is 3.50. The van der Waals surface area contributed by atoms with Crippen LogP contribution >= 0.6 is 27.5 Å². The molecule has 1 atom stereocenters. The van der Waals surface area contributed by atoms with Gasteiger partial charge in [-0.3, -0.25) is 9.78 Å². The summed E-state index contributed by atoms with van der Waals surface area (Å²) in [6, 6.07) is 12.0. The van der Waals surface area contributed by atoms with E-state index in [-0.39, 0.29) is 5.78 Å². The standard InChI is InChI=1S/C14H8BrClN2O/c15-12-5-4-9(16)7-10(12)14(19)11(8-17)13-3-1-2-6-18-13/h1-7,11H. The number of carbonyl (C=O) groups is 1. The topological polar surface area (TPSA) is 53.8 Å². The highest BCUT2D eigenvalue weighted by atomic mass is 79.9. The van der Waals surface area contributed by atoms with E-state index in [9.17, 15) is 10.1 Å². The third-order valence-electron chi connectivity index (χ3n) is 2.57. The monoisotopic (exact) mass is 334 g/mol. The van der Waals surface area contributed by atoms with Crippen LogP contribution in [-0.2, 0) is 0 Å². The minimum Gasteiger partial charge on any atom is -0.292 e. The number of nitrogens with zero attached hydrogens (tertiary/aromatic N) is 2. The number of aromatic nitrogens is 1. The van der Waals surface area contributed by atoms with Crippen molar-refractivity contribution < 1.29 is 4.79 Å². The lowest BCUT2D eigenvalue weighted by Crippen LogP contribution is -2.13. The molecule has 0 N–H and O–H groups in total. The van der Waals surface area contributed by atoms with E-state index in [1.165, 1.54) is 0 Å². The van der Waals surface area contributed by atoms with Crippen LogP contribution in [0.1, 0.15) is 22.0 Å². The molecule has 0 fully saturated rings. The molecule has 0 saturated heterocycles. The number of benzene rings is 1. The summed E-state index contributed by atoms with van der Waals surface area (Å²) >= 11 is 9.17. The highest BCUT2D eigenvalue weighted by Gasteiger charge is 2.24. The van der Waals surface area contributed by atoms with Crippen molar-refractivity contribution in [1.82, 2.24) is 4.98 Å². The fourth-order valence-electron chi connectivity index (χ4n) is 1.65. The van der Waals surface area contributed by atoms with Crippen molar-refractivity contribution in [3.63, 3.8) is 0 Å². The molecule has 0 amide bonds. The van der Waals surface area contributed by atoms with Crippen LogP contribution in [0.25, 0.3) is 0 Å². The van der Waals surface area contributed by atoms with Gasteiger partial charge in [-0.2, -0.15) is 5.26 Å². The quantitative estimate of drug-likeness (QED) is 0.797. The van der Waals surface area contributed by atoms with Gasteiger partial charge < -0.3 is 0 Å². The number of hydrogen-bond donors (Lipinski definition) is 0. The zero-order valence-electron chi connectivity index (χ0n) is 9.68. The summed E-state index contributed by atoms with van der Waals surface area (Å²) in [7, 11) is 0. The van der Waals surface area contributed by atoms with Gasteiger partial charge in [-0.25, -0.2) is 0 Å². The SMILES string of the molecule is N#CC(C(=O)c1cc(Cl)ccc1Br)c1ccccn1. The summed E-state index contributed by atoms with van der Waals surface area (Å²) in [5, 5.41) is 9.66. The number of ketones is 1. The molecule has 0 aliphatic rings. The molecule has 1 unspecified atom stereocenters. The van der Waals surface area contributed by atoms with Crippen molar-refractivity contribution in [1.29, 1.82) is 5.26 Å². The molecule has 2 aromatic rings. The Labute approximate surface area is 124 Å². The lowest BCUT2D eigenvalue weighted by atomic mass is 9.95. The number of Topliss-reactive ketones (excluding diaryl/α,β-unsaturated/α-hetero) is 1. The molecule has 0 radical (unpaired) electrons. The highest BCUT2D eigenvalue weighted by Crippen LogP contribution is 2.26. The number of rotatable bonds is 3. The number of halogens is 2. The lowest BCUT2D eigenvalue weighted by molar-refractivity contribution is 0.0977. The summed E-state index contributed by atoms with van der Waals surface area (Å²) < 4.78 is 0.609. The van der Waals surface area contributed by atoms with Gasteiger partial charge in [0, 0.05) is 21.3 Å². The van der Waals surface area contributed by atoms with Gasteiger partial charge in [0.2, 0.25) is 0 Å². The van der Waals surface area contributed by atoms with E-state index in [2.05, 4.69) is 20.9 Å². The van der Waals surface area contributed by atoms with Crippen LogP contribution in [0.3, 0.4) is 0 Å². The number of nitriles is 1. The Balaban J connectivity index is 2.43. The molecule has 19 heavy (non-hydrogen) atoms. The molecule has 1 heterocycles. The fraction of sp³-hybridized carbons (Fsp3) is 0.0714. The summed E-state index contributed by atoms with van der Waals surface area (Å²) in [5.41, 5.74) is 0.812. The second-order valence-electron chi connectivity index (χ2n) is 3.81. The zero-order chi connectivity index (χ0) is 13.8. The van der Waals surface area contributed by atoms with Gasteiger partial charge in [0.25, 0.3) is 0 Å². The first-order valence-corrected chi connectivity index (χ1v) is 6.60. The lowest BCUT2D eigenvalue weighted by Gasteiger charge is -2.09. The molecule has 5 heteroatoms. The van der Waals surface area contributed by atoms with Gasteiger partial charge in [0.15, 0.2) is 11.7 Å². The summed E-state index contributed by atoms with van der Waals surface area (Å²) in [6.07, 6.45) is 1.56. The smallest absolute Gasteiger partial charge is 0.187 e. The van der Waals surface area contributed by atoms with Crippen molar-refractivity contribution in [3.05, 3.63) is 63.3 Å². The maximum absolute atomic E-state index is 12.4. The Hall–Kier alpha value is -1.70. The predicted molar refractivity (Wildman–Crippen MR) is 76.1 cm³/mol. The largest absolute Gasteiger partial charge is 0.292 e. The number of pyridine rings is 1. The second kappa shape index (κ2) is 5.96. The molecular weight excluding hydrogens is 328 g/mol. The Morgan fingerprint density at radius 2 is 2.16 bits per heavy atom. The van der Waals surface area contributed by atoms with Crippen molar-refractivity contribution in [2.24, 2.45) is 0 Å². The summed E-state index contributed by atoms with van der Waals surface area (Å²) in [4.78, 5) is 16.5. The van der Waals surface area contributed by atoms with E-state index < -0.39 is 5.92 Å². The molecule has 94 valence electrons. The van der Waals surface area contributed by atoms with Crippen molar-refractivity contribution >= 4 is 33.3 Å². The maximum atomic E-state index is 12.4. The zero-order valence-corrected chi connectivity index (χ0v) is 12.0. The molecule has 0 saturated carbocycles. The molecule has 0 bridgehead atoms. The molecule has 1 aromatic carbocycles. The van der Waals surface area contributed by atoms with Gasteiger partial charge in [0.05, 0.1) is 11.8 Å². The first-order chi connectivity index (χ1) is 9.13. The average molecular weight is 336 g/mol. The molecule has 0 spiro atoms. The van der Waals surface area contributed by atoms with Crippen LogP contribution < -0.4 is 0 Å². The molecular formula is C14H8BrClN2O. The molecule has 0 aliphatic carbocycles. The van der Waals surface area contributed by atoms with Crippen LogP contribution in [0.2, 0.25) is 5.02 Å². The van der Waals surface area contributed by atoms with Crippen molar-refractivity contribution in [3.8, 4) is 6.07 Å².